The number of phosphoric acid groups is 2. The Bertz CT molecular complexity index is 916. The Kier molecular flexibility index (Phi) is 6.19. The molecule has 1 aliphatic heterocycles. The molecule has 1 aromatic heterocycles. The van der Waals surface area contributed by atoms with Crippen LogP contribution in [0.4, 0.5) is 0 Å². The quantitative estimate of drug-likeness (QED) is 0.198. The van der Waals surface area contributed by atoms with Gasteiger partial charge in [0, 0.05) is 23.6 Å². The minimum atomic E-state index is -5.29. The van der Waals surface area contributed by atoms with Gasteiger partial charge in [0.05, 0.1) is 18.8 Å². The molecule has 26 heavy (non-hydrogen) atoms. The minimum absolute atomic E-state index is 0.0287. The molecule has 4 atom stereocenters. The Labute approximate surface area is 143 Å². The van der Waals surface area contributed by atoms with Crippen LogP contribution < -0.4 is 11.2 Å². The van der Waals surface area contributed by atoms with Gasteiger partial charge < -0.3 is 19.4 Å². The molecular weight excluding hydrogens is 400 g/mol. The highest BCUT2D eigenvalue weighted by Gasteiger charge is 2.39. The van der Waals surface area contributed by atoms with Crippen LogP contribution in [0.5, 0.6) is 0 Å². The summed E-state index contributed by atoms with van der Waals surface area (Å²) in [5.41, 5.74) is 7.16. The maximum absolute atomic E-state index is 11.8. The molecule has 0 aromatic carbocycles. The third-order valence-corrected chi connectivity index (χ3v) is 5.33. The fourth-order valence-corrected chi connectivity index (χ4v) is 3.80. The average Bonchev–Trinajstić information content (AvgIpc) is 2.86. The third kappa shape index (κ3) is 5.61. The van der Waals surface area contributed by atoms with E-state index in [0.29, 0.717) is 0 Å². The molecule has 0 spiro atoms. The van der Waals surface area contributed by atoms with Crippen LogP contribution in [0.25, 0.3) is 10.4 Å². The lowest BCUT2D eigenvalue weighted by Gasteiger charge is -2.18. The smallest absolute Gasteiger partial charge is 0.352 e. The molecule has 0 amide bonds. The van der Waals surface area contributed by atoms with Crippen molar-refractivity contribution >= 4 is 15.6 Å². The van der Waals surface area contributed by atoms with Gasteiger partial charge in [0.25, 0.3) is 5.56 Å². The fraction of sp³-hybridized carbons (Fsp3) is 0.556. The summed E-state index contributed by atoms with van der Waals surface area (Å²) < 4.78 is 36.6. The zero-order valence-electron chi connectivity index (χ0n) is 12.7. The lowest BCUT2D eigenvalue weighted by Crippen LogP contribution is -2.31. The molecule has 2 heterocycles. The van der Waals surface area contributed by atoms with E-state index < -0.39 is 51.9 Å². The molecule has 144 valence electrons. The largest absolute Gasteiger partial charge is 0.481 e. The van der Waals surface area contributed by atoms with Gasteiger partial charge in [-0.25, -0.2) is 13.9 Å². The summed E-state index contributed by atoms with van der Waals surface area (Å²) in [5, 5.41) is 3.43. The van der Waals surface area contributed by atoms with E-state index in [1.165, 1.54) is 0 Å². The molecule has 4 N–H and O–H groups in total. The van der Waals surface area contributed by atoms with Crippen LogP contribution in [0, 0.1) is 0 Å². The van der Waals surface area contributed by atoms with Crippen molar-refractivity contribution in [2.45, 2.75) is 24.8 Å². The monoisotopic (exact) mass is 413 g/mol. The van der Waals surface area contributed by atoms with E-state index in [9.17, 15) is 23.6 Å². The van der Waals surface area contributed by atoms with Crippen LogP contribution in [0.15, 0.2) is 27.0 Å². The lowest BCUT2D eigenvalue weighted by atomic mass is 10.1. The van der Waals surface area contributed by atoms with Crippen LogP contribution in [0.1, 0.15) is 12.6 Å². The van der Waals surface area contributed by atoms with Crippen LogP contribution in [0.2, 0.25) is 0 Å². The summed E-state index contributed by atoms with van der Waals surface area (Å²) in [7, 11) is -10.4. The number of phosphoric ester groups is 1. The molecule has 17 heteroatoms. The van der Waals surface area contributed by atoms with E-state index in [4.69, 9.17) is 20.1 Å². The minimum Gasteiger partial charge on any atom is -0.352 e. The standard InChI is InChI=1S/C9H13N5O10P2/c10-13-12-5-3-8(14-2-1-7(15)11-9(14)16)23-6(5)4-22-26(20,21)24-25(17,18)19/h1-2,5-6,8H,3-4H2,(H,20,21)(H,11,15,16)(H2,17,18,19)/t5?,6-,8-/m0/s1. The van der Waals surface area contributed by atoms with Gasteiger partial charge in [-0.05, 0) is 5.53 Å². The van der Waals surface area contributed by atoms with E-state index >= 15 is 0 Å². The van der Waals surface area contributed by atoms with Gasteiger partial charge >= 0.3 is 21.3 Å². The van der Waals surface area contributed by atoms with Crippen molar-refractivity contribution in [3.63, 3.8) is 0 Å². The van der Waals surface area contributed by atoms with Gasteiger partial charge in [-0.2, -0.15) is 4.31 Å². The number of nitrogens with one attached hydrogen (secondary N) is 1. The van der Waals surface area contributed by atoms with Gasteiger partial charge in [0.1, 0.15) is 6.23 Å². The SMILES string of the molecule is [N-]=[N+]=NC1C[C@@H](n2ccc(=O)[nH]c2=O)O[C@H]1COP(=O)(O)OP(=O)(O)O. The summed E-state index contributed by atoms with van der Waals surface area (Å²) in [6.45, 7) is -0.730. The summed E-state index contributed by atoms with van der Waals surface area (Å²) in [6, 6.07) is 0.131. The zero-order chi connectivity index (χ0) is 19.5. The Morgan fingerprint density at radius 3 is 2.69 bits per heavy atom. The van der Waals surface area contributed by atoms with E-state index in [-0.39, 0.29) is 6.42 Å². The molecule has 0 radical (unpaired) electrons. The number of hydrogen-bond donors (Lipinski definition) is 4. The Morgan fingerprint density at radius 1 is 1.42 bits per heavy atom. The molecule has 1 fully saturated rings. The van der Waals surface area contributed by atoms with Crippen molar-refractivity contribution in [2.24, 2.45) is 5.11 Å². The topological polar surface area (TPSA) is 226 Å². The Hall–Kier alpha value is -1.79. The first-order chi connectivity index (χ1) is 12.0. The number of ether oxygens (including phenoxy) is 1. The highest BCUT2D eigenvalue weighted by molar-refractivity contribution is 7.60. The number of nitrogens with zero attached hydrogens (tertiary/aromatic N) is 4. The molecular formula is C9H13N5O10P2. The number of aromatic nitrogens is 2. The molecule has 0 aliphatic carbocycles. The molecule has 0 bridgehead atoms. The first kappa shape index (κ1) is 20.5. The molecule has 0 saturated carbocycles. The first-order valence-electron chi connectivity index (χ1n) is 6.76. The highest BCUT2D eigenvalue weighted by Crippen LogP contribution is 2.57. The molecule has 2 unspecified atom stereocenters. The van der Waals surface area contributed by atoms with E-state index in [1.807, 2.05) is 4.98 Å². The maximum atomic E-state index is 11.8. The number of H-pyrrole nitrogens is 1. The van der Waals surface area contributed by atoms with Gasteiger partial charge in [0.2, 0.25) is 0 Å². The highest BCUT2D eigenvalue weighted by atomic mass is 31.3. The predicted octanol–water partition coefficient (Wildman–Crippen LogP) is -0.271. The van der Waals surface area contributed by atoms with Crippen molar-refractivity contribution < 1.29 is 37.4 Å². The second-order valence-corrected chi connectivity index (χ2v) is 7.82. The third-order valence-electron chi connectivity index (χ3n) is 3.18. The van der Waals surface area contributed by atoms with E-state index in [1.54, 1.807) is 0 Å². The Morgan fingerprint density at radius 2 is 2.12 bits per heavy atom. The molecule has 15 nitrogen and oxygen atoms in total. The fourth-order valence-electron chi connectivity index (χ4n) is 2.20. The average molecular weight is 413 g/mol. The van der Waals surface area contributed by atoms with Gasteiger partial charge in [-0.3, -0.25) is 18.9 Å². The van der Waals surface area contributed by atoms with Gasteiger partial charge in [-0.1, -0.05) is 5.11 Å². The van der Waals surface area contributed by atoms with Crippen molar-refractivity contribution in [3.05, 3.63) is 43.5 Å². The van der Waals surface area contributed by atoms with Gasteiger partial charge in [0.15, 0.2) is 0 Å². The van der Waals surface area contributed by atoms with Crippen molar-refractivity contribution in [1.82, 2.24) is 9.55 Å². The second kappa shape index (κ2) is 7.84. The number of rotatable bonds is 7. The van der Waals surface area contributed by atoms with Crippen LogP contribution in [-0.4, -0.2) is 43.0 Å². The molecule has 1 saturated heterocycles. The number of hydrogen-bond acceptors (Lipinski definition) is 8. The van der Waals surface area contributed by atoms with Crippen LogP contribution >= 0.6 is 15.6 Å². The van der Waals surface area contributed by atoms with Crippen LogP contribution in [0.3, 0.4) is 0 Å². The summed E-state index contributed by atoms with van der Waals surface area (Å²) in [6.07, 6.45) is -0.991. The first-order valence-corrected chi connectivity index (χ1v) is 9.79. The van der Waals surface area contributed by atoms with Crippen molar-refractivity contribution in [2.75, 3.05) is 6.61 Å². The van der Waals surface area contributed by atoms with Crippen molar-refractivity contribution in [1.29, 1.82) is 0 Å². The summed E-state index contributed by atoms with van der Waals surface area (Å²) >= 11 is 0. The summed E-state index contributed by atoms with van der Waals surface area (Å²) in [5.74, 6) is 0. The second-order valence-electron chi connectivity index (χ2n) is 4.99. The maximum Gasteiger partial charge on any atom is 0.481 e. The molecule has 1 aliphatic rings. The van der Waals surface area contributed by atoms with Gasteiger partial charge in [-0.15, -0.1) is 0 Å². The number of aromatic amines is 1. The van der Waals surface area contributed by atoms with Crippen LogP contribution in [-0.2, 0) is 22.7 Å². The Balaban J connectivity index is 2.13. The summed E-state index contributed by atoms with van der Waals surface area (Å²) in [4.78, 5) is 53.8. The van der Waals surface area contributed by atoms with Crippen molar-refractivity contribution in [3.8, 4) is 0 Å². The zero-order valence-corrected chi connectivity index (χ0v) is 14.5. The van der Waals surface area contributed by atoms with E-state index in [2.05, 4.69) is 18.9 Å². The predicted molar refractivity (Wildman–Crippen MR) is 81.7 cm³/mol. The lowest BCUT2D eigenvalue weighted by molar-refractivity contribution is -0.0267. The molecule has 2 rings (SSSR count). The number of azide groups is 1. The van der Waals surface area contributed by atoms with E-state index in [0.717, 1.165) is 16.8 Å². The normalized spacial score (nSPS) is 25.4. The molecule has 1 aromatic rings.